The number of ether oxygens (including phenoxy) is 1. The summed E-state index contributed by atoms with van der Waals surface area (Å²) in [6.45, 7) is 3.11. The molecule has 3 N–H and O–H groups in total. The molecular weight excluding hydrogens is 428 g/mol. The van der Waals surface area contributed by atoms with E-state index >= 15 is 0 Å². The second-order valence-corrected chi connectivity index (χ2v) is 8.53. The largest absolute Gasteiger partial charge is 0.476 e. The van der Waals surface area contributed by atoms with E-state index in [1.54, 1.807) is 18.7 Å². The maximum atomic E-state index is 8.97. The van der Waals surface area contributed by atoms with Crippen molar-refractivity contribution < 1.29 is 14.4 Å². The molecule has 2 aromatic heterocycles. The lowest BCUT2D eigenvalue weighted by atomic mass is 9.99. The van der Waals surface area contributed by atoms with E-state index in [9.17, 15) is 0 Å². The average molecular weight is 457 g/mol. The predicted octanol–water partition coefficient (Wildman–Crippen LogP) is 4.93. The lowest BCUT2D eigenvalue weighted by Gasteiger charge is -2.22. The van der Waals surface area contributed by atoms with Crippen LogP contribution in [0.15, 0.2) is 77.7 Å². The Kier molecular flexibility index (Phi) is 6.95. The van der Waals surface area contributed by atoms with E-state index in [1.807, 2.05) is 30.3 Å². The first-order valence-corrected chi connectivity index (χ1v) is 11.6. The molecule has 2 aromatic carbocycles. The average Bonchev–Trinajstić information content (AvgIpc) is 3.44. The van der Waals surface area contributed by atoms with Crippen LogP contribution >= 0.6 is 0 Å². The van der Waals surface area contributed by atoms with Gasteiger partial charge in [0, 0.05) is 23.2 Å². The van der Waals surface area contributed by atoms with Gasteiger partial charge in [-0.1, -0.05) is 48.5 Å². The van der Waals surface area contributed by atoms with Gasteiger partial charge >= 0.3 is 0 Å². The topological polar surface area (TPSA) is 92.4 Å². The van der Waals surface area contributed by atoms with Crippen molar-refractivity contribution in [2.75, 3.05) is 19.7 Å². The van der Waals surface area contributed by atoms with Crippen LogP contribution in [0.3, 0.4) is 0 Å². The summed E-state index contributed by atoms with van der Waals surface area (Å²) in [6, 6.07) is 18.1. The van der Waals surface area contributed by atoms with Crippen LogP contribution in [-0.4, -0.2) is 34.9 Å². The number of furan rings is 1. The Hall–Kier alpha value is -3.52. The predicted molar refractivity (Wildman–Crippen MR) is 130 cm³/mol. The molecule has 4 aromatic rings. The Balaban J connectivity index is 1.46. The molecule has 1 saturated heterocycles. The lowest BCUT2D eigenvalue weighted by molar-refractivity contribution is 0.161. The van der Waals surface area contributed by atoms with Gasteiger partial charge in [0.2, 0.25) is 5.88 Å². The number of nitrogens with zero attached hydrogens (tertiary/aromatic N) is 2. The third-order valence-corrected chi connectivity index (χ3v) is 6.20. The third kappa shape index (κ3) is 5.17. The zero-order valence-corrected chi connectivity index (χ0v) is 18.9. The molecule has 5 rings (SSSR count). The number of hydroxylamine groups is 1. The molecule has 3 heterocycles. The molecule has 0 saturated carbocycles. The molecule has 0 radical (unpaired) electrons. The molecule has 0 bridgehead atoms. The van der Waals surface area contributed by atoms with Crippen LogP contribution in [0.5, 0.6) is 5.88 Å². The van der Waals surface area contributed by atoms with Crippen molar-refractivity contribution in [3.8, 4) is 39.5 Å². The van der Waals surface area contributed by atoms with Crippen LogP contribution in [0.4, 0.5) is 0 Å². The molecule has 1 aliphatic heterocycles. The molecule has 0 unspecified atom stereocenters. The highest BCUT2D eigenvalue weighted by molar-refractivity contribution is 5.79. The molecule has 7 nitrogen and oxygen atoms in total. The van der Waals surface area contributed by atoms with E-state index in [0.29, 0.717) is 24.9 Å². The molecule has 0 atom stereocenters. The monoisotopic (exact) mass is 456 g/mol. The van der Waals surface area contributed by atoms with Crippen LogP contribution < -0.4 is 15.5 Å². The Morgan fingerprint density at radius 3 is 2.32 bits per heavy atom. The first-order valence-electron chi connectivity index (χ1n) is 11.6. The van der Waals surface area contributed by atoms with Gasteiger partial charge in [-0.3, -0.25) is 0 Å². The van der Waals surface area contributed by atoms with Gasteiger partial charge in [0.25, 0.3) is 0 Å². The Labute approximate surface area is 198 Å². The number of piperidine rings is 1. The molecule has 0 amide bonds. The van der Waals surface area contributed by atoms with Gasteiger partial charge in [-0.15, -0.1) is 0 Å². The van der Waals surface area contributed by atoms with Gasteiger partial charge in [-0.25, -0.2) is 15.4 Å². The number of hydrogen-bond acceptors (Lipinski definition) is 7. The van der Waals surface area contributed by atoms with Crippen molar-refractivity contribution in [2.45, 2.75) is 19.4 Å². The summed E-state index contributed by atoms with van der Waals surface area (Å²) < 4.78 is 11.3. The van der Waals surface area contributed by atoms with E-state index in [2.05, 4.69) is 35.1 Å². The summed E-state index contributed by atoms with van der Waals surface area (Å²) >= 11 is 0. The van der Waals surface area contributed by atoms with Crippen molar-refractivity contribution >= 4 is 0 Å². The van der Waals surface area contributed by atoms with Crippen molar-refractivity contribution in [1.29, 1.82) is 0 Å². The molecule has 1 fully saturated rings. The highest BCUT2D eigenvalue weighted by atomic mass is 16.5. The molecule has 34 heavy (non-hydrogen) atoms. The minimum atomic E-state index is 0.387. The quantitative estimate of drug-likeness (QED) is 0.324. The molecule has 7 heteroatoms. The summed E-state index contributed by atoms with van der Waals surface area (Å²) in [5.74, 6) is 1.07. The zero-order chi connectivity index (χ0) is 23.2. The van der Waals surface area contributed by atoms with Crippen molar-refractivity contribution in [1.82, 2.24) is 20.8 Å². The van der Waals surface area contributed by atoms with Gasteiger partial charge < -0.3 is 19.7 Å². The summed E-state index contributed by atoms with van der Waals surface area (Å²) in [7, 11) is 0. The fraction of sp³-hybridized carbons (Fsp3) is 0.259. The van der Waals surface area contributed by atoms with E-state index in [-0.39, 0.29) is 0 Å². The maximum Gasteiger partial charge on any atom is 0.232 e. The zero-order valence-electron chi connectivity index (χ0n) is 18.9. The van der Waals surface area contributed by atoms with Gasteiger partial charge in [0.05, 0.1) is 31.0 Å². The van der Waals surface area contributed by atoms with Crippen molar-refractivity contribution in [3.63, 3.8) is 0 Å². The molecule has 1 aliphatic rings. The van der Waals surface area contributed by atoms with E-state index in [1.165, 1.54) is 0 Å². The second-order valence-electron chi connectivity index (χ2n) is 8.53. The third-order valence-electron chi connectivity index (χ3n) is 6.20. The summed E-state index contributed by atoms with van der Waals surface area (Å²) in [5.41, 5.74) is 8.75. The first-order chi connectivity index (χ1) is 16.8. The molecule has 0 aliphatic carbocycles. The van der Waals surface area contributed by atoms with Crippen molar-refractivity contribution in [2.24, 2.45) is 5.92 Å². The van der Waals surface area contributed by atoms with Gasteiger partial charge in [0.1, 0.15) is 5.69 Å². The molecule has 174 valence electrons. The molecule has 0 spiro atoms. The summed E-state index contributed by atoms with van der Waals surface area (Å²) in [6.07, 6.45) is 7.35. The minimum Gasteiger partial charge on any atom is -0.476 e. The SMILES string of the molecule is ONCc1ccc(-c2ncc(OCC3CCNCC3)nc2-c2ccc(-c3ccoc3)cc2)cc1. The Bertz CT molecular complexity index is 1190. The second kappa shape index (κ2) is 10.6. The van der Waals surface area contributed by atoms with Crippen LogP contribution in [0.2, 0.25) is 0 Å². The molecular formula is C27H28N4O3. The van der Waals surface area contributed by atoms with E-state index < -0.39 is 0 Å². The van der Waals surface area contributed by atoms with Crippen molar-refractivity contribution in [3.05, 3.63) is 78.9 Å². The van der Waals surface area contributed by atoms with Gasteiger partial charge in [-0.05, 0) is 49.0 Å². The smallest absolute Gasteiger partial charge is 0.232 e. The Morgan fingerprint density at radius 1 is 0.912 bits per heavy atom. The van der Waals surface area contributed by atoms with Gasteiger partial charge in [0.15, 0.2) is 0 Å². The van der Waals surface area contributed by atoms with E-state index in [4.69, 9.17) is 24.3 Å². The number of benzene rings is 2. The fourth-order valence-electron chi connectivity index (χ4n) is 4.23. The highest BCUT2D eigenvalue weighted by Gasteiger charge is 2.17. The normalized spacial score (nSPS) is 14.3. The first kappa shape index (κ1) is 22.3. The number of nitrogens with one attached hydrogen (secondary N) is 2. The summed E-state index contributed by atoms with van der Waals surface area (Å²) in [4.78, 5) is 9.64. The summed E-state index contributed by atoms with van der Waals surface area (Å²) in [5, 5.41) is 12.4. The number of rotatable bonds is 8. The Morgan fingerprint density at radius 2 is 1.62 bits per heavy atom. The highest BCUT2D eigenvalue weighted by Crippen LogP contribution is 2.32. The van der Waals surface area contributed by atoms with E-state index in [0.717, 1.165) is 65.1 Å². The minimum absolute atomic E-state index is 0.387. The lowest BCUT2D eigenvalue weighted by Crippen LogP contribution is -2.30. The number of hydrogen-bond donors (Lipinski definition) is 3. The van der Waals surface area contributed by atoms with Crippen LogP contribution in [0, 0.1) is 5.92 Å². The fourth-order valence-corrected chi connectivity index (χ4v) is 4.23. The standard InChI is InChI=1S/C27H28N4O3/c32-30-15-19-1-3-22(4-2-19)26-27(23-7-5-21(6-8-23)24-11-14-33-18-24)31-25(16-29-26)34-17-20-9-12-28-13-10-20/h1-8,11,14,16,18,20,28,30,32H,9-10,12-13,15,17H2. The van der Waals surface area contributed by atoms with Crippen LogP contribution in [0.25, 0.3) is 33.6 Å². The van der Waals surface area contributed by atoms with Gasteiger partial charge in [-0.2, -0.15) is 0 Å². The number of aromatic nitrogens is 2. The van der Waals surface area contributed by atoms with Crippen LogP contribution in [0.1, 0.15) is 18.4 Å². The van der Waals surface area contributed by atoms with Crippen LogP contribution in [-0.2, 0) is 6.54 Å². The maximum absolute atomic E-state index is 8.97.